The number of aryl methyl sites for hydroxylation is 1. The van der Waals surface area contributed by atoms with Gasteiger partial charge in [0.05, 0.1) is 6.42 Å². The molecule has 0 saturated carbocycles. The lowest BCUT2D eigenvalue weighted by atomic mass is 10.1. The highest BCUT2D eigenvalue weighted by Gasteiger charge is 2.04. The van der Waals surface area contributed by atoms with Crippen LogP contribution in [0.3, 0.4) is 0 Å². The van der Waals surface area contributed by atoms with Crippen molar-refractivity contribution in [2.75, 3.05) is 11.9 Å². The molecule has 2 aromatic carbocycles. The highest BCUT2D eigenvalue weighted by Crippen LogP contribution is 2.16. The maximum atomic E-state index is 12.0. The summed E-state index contributed by atoms with van der Waals surface area (Å²) in [7, 11) is 0. The number of anilines is 1. The minimum atomic E-state index is -0.0291. The molecule has 2 aromatic rings. The molecule has 0 heterocycles. The van der Waals surface area contributed by atoms with Crippen molar-refractivity contribution in [1.82, 2.24) is 0 Å². The van der Waals surface area contributed by atoms with E-state index in [4.69, 9.17) is 4.74 Å². The van der Waals surface area contributed by atoms with E-state index in [1.807, 2.05) is 55.5 Å². The topological polar surface area (TPSA) is 38.3 Å². The van der Waals surface area contributed by atoms with E-state index in [2.05, 4.69) is 11.9 Å². The third-order valence-electron chi connectivity index (χ3n) is 2.99. The van der Waals surface area contributed by atoms with E-state index in [0.717, 1.165) is 17.0 Å². The molecule has 0 spiro atoms. The maximum absolute atomic E-state index is 12.0. The fraction of sp³-hybridized carbons (Fsp3) is 0.167. The molecule has 3 nitrogen and oxygen atoms in total. The van der Waals surface area contributed by atoms with Crippen molar-refractivity contribution in [2.24, 2.45) is 0 Å². The van der Waals surface area contributed by atoms with Gasteiger partial charge < -0.3 is 10.1 Å². The van der Waals surface area contributed by atoms with E-state index >= 15 is 0 Å². The molecule has 3 heteroatoms. The number of amides is 1. The molecule has 0 bridgehead atoms. The molecule has 0 atom stereocenters. The molecule has 0 fully saturated rings. The second kappa shape index (κ2) is 7.29. The second-order valence-corrected chi connectivity index (χ2v) is 4.83. The first kappa shape index (κ1) is 14.9. The van der Waals surface area contributed by atoms with Gasteiger partial charge >= 0.3 is 0 Å². The molecule has 0 unspecified atom stereocenters. The number of rotatable bonds is 6. The van der Waals surface area contributed by atoms with E-state index in [9.17, 15) is 4.79 Å². The maximum Gasteiger partial charge on any atom is 0.228 e. The monoisotopic (exact) mass is 281 g/mol. The number of carbonyl (C=O) groups is 1. The van der Waals surface area contributed by atoms with Crippen LogP contribution < -0.4 is 10.1 Å². The van der Waals surface area contributed by atoms with Crippen LogP contribution in [0.2, 0.25) is 0 Å². The fourth-order valence-corrected chi connectivity index (χ4v) is 1.89. The van der Waals surface area contributed by atoms with Crippen LogP contribution in [0.1, 0.15) is 11.1 Å². The van der Waals surface area contributed by atoms with Crippen molar-refractivity contribution < 1.29 is 9.53 Å². The van der Waals surface area contributed by atoms with Crippen molar-refractivity contribution in [3.8, 4) is 5.75 Å². The van der Waals surface area contributed by atoms with Crippen LogP contribution in [0.5, 0.6) is 5.75 Å². The van der Waals surface area contributed by atoms with Crippen molar-refractivity contribution in [3.63, 3.8) is 0 Å². The zero-order valence-electron chi connectivity index (χ0n) is 12.1. The van der Waals surface area contributed by atoms with E-state index in [-0.39, 0.29) is 5.91 Å². The quantitative estimate of drug-likeness (QED) is 0.819. The van der Waals surface area contributed by atoms with Crippen LogP contribution in [0, 0.1) is 6.92 Å². The number of ether oxygens (including phenoxy) is 1. The molecule has 0 saturated heterocycles. The minimum Gasteiger partial charge on any atom is -0.490 e. The third kappa shape index (κ3) is 4.80. The summed E-state index contributed by atoms with van der Waals surface area (Å²) in [5, 5.41) is 2.87. The smallest absolute Gasteiger partial charge is 0.228 e. The molecule has 108 valence electrons. The summed E-state index contributed by atoms with van der Waals surface area (Å²) in [5.74, 6) is 0.727. The molecule has 0 aliphatic rings. The van der Waals surface area contributed by atoms with Crippen LogP contribution in [0.4, 0.5) is 5.69 Å². The summed E-state index contributed by atoms with van der Waals surface area (Å²) in [6.45, 7) is 6.09. The normalized spacial score (nSPS) is 9.95. The van der Waals surface area contributed by atoms with Crippen molar-refractivity contribution in [1.29, 1.82) is 0 Å². The Morgan fingerprint density at radius 2 is 1.81 bits per heavy atom. The Kier molecular flexibility index (Phi) is 5.16. The average Bonchev–Trinajstić information content (AvgIpc) is 2.49. The van der Waals surface area contributed by atoms with Gasteiger partial charge in [-0.25, -0.2) is 0 Å². The molecular formula is C18H19NO2. The van der Waals surface area contributed by atoms with E-state index < -0.39 is 0 Å². The molecule has 1 amide bonds. The lowest BCUT2D eigenvalue weighted by molar-refractivity contribution is -0.115. The van der Waals surface area contributed by atoms with Gasteiger partial charge in [-0.1, -0.05) is 42.5 Å². The summed E-state index contributed by atoms with van der Waals surface area (Å²) in [6, 6.07) is 15.3. The van der Waals surface area contributed by atoms with Crippen molar-refractivity contribution >= 4 is 11.6 Å². The van der Waals surface area contributed by atoms with Crippen LogP contribution in [0.15, 0.2) is 61.2 Å². The number of hydrogen-bond acceptors (Lipinski definition) is 2. The van der Waals surface area contributed by atoms with Gasteiger partial charge in [0.1, 0.15) is 12.4 Å². The minimum absolute atomic E-state index is 0.0291. The summed E-state index contributed by atoms with van der Waals surface area (Å²) in [4.78, 5) is 12.0. The van der Waals surface area contributed by atoms with Gasteiger partial charge in [-0.2, -0.15) is 0 Å². The predicted octanol–water partition coefficient (Wildman–Crippen LogP) is 3.74. The average molecular weight is 281 g/mol. The lowest BCUT2D eigenvalue weighted by Gasteiger charge is -2.07. The molecule has 1 N–H and O–H groups in total. The Bertz CT molecular complexity index is 600. The van der Waals surface area contributed by atoms with Crippen molar-refractivity contribution in [2.45, 2.75) is 13.3 Å². The lowest BCUT2D eigenvalue weighted by Crippen LogP contribution is -2.14. The highest BCUT2D eigenvalue weighted by molar-refractivity contribution is 5.92. The predicted molar refractivity (Wildman–Crippen MR) is 85.6 cm³/mol. The van der Waals surface area contributed by atoms with Gasteiger partial charge in [-0.15, -0.1) is 0 Å². The summed E-state index contributed by atoms with van der Waals surface area (Å²) in [6.07, 6.45) is 2.06. The van der Waals surface area contributed by atoms with Gasteiger partial charge in [0, 0.05) is 5.69 Å². The van der Waals surface area contributed by atoms with Crippen LogP contribution in [0.25, 0.3) is 0 Å². The summed E-state index contributed by atoms with van der Waals surface area (Å²) >= 11 is 0. The molecule has 2 rings (SSSR count). The van der Waals surface area contributed by atoms with Crippen LogP contribution >= 0.6 is 0 Å². The van der Waals surface area contributed by atoms with Crippen LogP contribution in [-0.4, -0.2) is 12.5 Å². The standard InChI is InChI=1S/C18H19NO2/c1-3-12-21-17-10-8-16(9-11-17)19-18(20)13-15-6-4-14(2)5-7-15/h3-11H,1,12-13H2,2H3,(H,19,20). The highest BCUT2D eigenvalue weighted by atomic mass is 16.5. The first-order valence-corrected chi connectivity index (χ1v) is 6.86. The Labute approximate surface area is 125 Å². The fourth-order valence-electron chi connectivity index (χ4n) is 1.89. The van der Waals surface area contributed by atoms with Crippen LogP contribution in [-0.2, 0) is 11.2 Å². The molecule has 0 radical (unpaired) electrons. The number of carbonyl (C=O) groups excluding carboxylic acids is 1. The number of hydrogen-bond donors (Lipinski definition) is 1. The van der Waals surface area contributed by atoms with Gasteiger partial charge in [0.15, 0.2) is 0 Å². The number of nitrogens with one attached hydrogen (secondary N) is 1. The second-order valence-electron chi connectivity index (χ2n) is 4.83. The summed E-state index contributed by atoms with van der Waals surface area (Å²) in [5.41, 5.74) is 2.95. The first-order chi connectivity index (χ1) is 10.2. The van der Waals surface area contributed by atoms with Gasteiger partial charge in [-0.3, -0.25) is 4.79 Å². The van der Waals surface area contributed by atoms with Gasteiger partial charge in [0.2, 0.25) is 5.91 Å². The zero-order valence-corrected chi connectivity index (χ0v) is 12.1. The van der Waals surface area contributed by atoms with E-state index in [1.165, 1.54) is 5.56 Å². The molecule has 0 aliphatic heterocycles. The Hall–Kier alpha value is -2.55. The first-order valence-electron chi connectivity index (χ1n) is 6.86. The van der Waals surface area contributed by atoms with E-state index in [1.54, 1.807) is 6.08 Å². The van der Waals surface area contributed by atoms with Gasteiger partial charge in [-0.05, 0) is 36.8 Å². The Morgan fingerprint density at radius 3 is 2.43 bits per heavy atom. The summed E-state index contributed by atoms with van der Waals surface area (Å²) < 4.78 is 5.39. The largest absolute Gasteiger partial charge is 0.490 e. The van der Waals surface area contributed by atoms with Crippen molar-refractivity contribution in [3.05, 3.63) is 72.3 Å². The third-order valence-corrected chi connectivity index (χ3v) is 2.99. The molecule has 0 aromatic heterocycles. The van der Waals surface area contributed by atoms with E-state index in [0.29, 0.717) is 13.0 Å². The Balaban J connectivity index is 1.90. The Morgan fingerprint density at radius 1 is 1.14 bits per heavy atom. The molecule has 21 heavy (non-hydrogen) atoms. The molecular weight excluding hydrogens is 262 g/mol. The zero-order chi connectivity index (χ0) is 15.1. The SMILES string of the molecule is C=CCOc1ccc(NC(=O)Cc2ccc(C)cc2)cc1. The van der Waals surface area contributed by atoms with Gasteiger partial charge in [0.25, 0.3) is 0 Å². The molecule has 0 aliphatic carbocycles. The number of benzene rings is 2.